The first kappa shape index (κ1) is 12.5. The van der Waals surface area contributed by atoms with Crippen molar-refractivity contribution in [2.45, 2.75) is 13.0 Å². The highest BCUT2D eigenvalue weighted by molar-refractivity contribution is 6.36. The molecule has 1 aromatic rings. The van der Waals surface area contributed by atoms with E-state index < -0.39 is 0 Å². The van der Waals surface area contributed by atoms with Crippen molar-refractivity contribution in [3.8, 4) is 0 Å². The summed E-state index contributed by atoms with van der Waals surface area (Å²) in [5.74, 6) is -0.219. The van der Waals surface area contributed by atoms with Crippen LogP contribution in [-0.4, -0.2) is 6.54 Å². The Labute approximate surface area is 98.9 Å². The van der Waals surface area contributed by atoms with Gasteiger partial charge >= 0.3 is 0 Å². The lowest BCUT2D eigenvalue weighted by Crippen LogP contribution is -2.20. The standard InChI is InChI=1S/C11H12Cl2FN/c1-8(15-7-9(13)6-12)10-4-2-3-5-11(10)14/h2-6,8,15H,7H2,1H3/b9-6-/t8-/m1/s1. The molecule has 0 saturated carbocycles. The Kier molecular flexibility index (Phi) is 5.09. The van der Waals surface area contributed by atoms with Crippen molar-refractivity contribution in [1.82, 2.24) is 5.32 Å². The number of halogens is 3. The predicted octanol–water partition coefficient (Wildman–Crippen LogP) is 3.80. The number of hydrogen-bond donors (Lipinski definition) is 1. The molecule has 15 heavy (non-hydrogen) atoms. The monoisotopic (exact) mass is 247 g/mol. The highest BCUT2D eigenvalue weighted by Crippen LogP contribution is 2.16. The smallest absolute Gasteiger partial charge is 0.127 e. The number of benzene rings is 1. The Hall–Kier alpha value is -0.570. The van der Waals surface area contributed by atoms with Gasteiger partial charge in [0.2, 0.25) is 0 Å². The third-order valence-electron chi connectivity index (χ3n) is 2.07. The number of rotatable bonds is 4. The largest absolute Gasteiger partial charge is 0.305 e. The van der Waals surface area contributed by atoms with E-state index in [0.717, 1.165) is 0 Å². The van der Waals surface area contributed by atoms with Gasteiger partial charge in [0, 0.05) is 28.7 Å². The molecule has 4 heteroatoms. The minimum Gasteiger partial charge on any atom is -0.305 e. The molecule has 0 fully saturated rings. The van der Waals surface area contributed by atoms with Crippen LogP contribution >= 0.6 is 23.2 Å². The molecule has 82 valence electrons. The second-order valence-corrected chi connectivity index (χ2v) is 3.88. The van der Waals surface area contributed by atoms with Gasteiger partial charge in [-0.1, -0.05) is 41.4 Å². The maximum atomic E-state index is 13.3. The summed E-state index contributed by atoms with van der Waals surface area (Å²) in [5, 5.41) is 3.57. The van der Waals surface area contributed by atoms with Gasteiger partial charge in [-0.3, -0.25) is 0 Å². The normalized spacial score (nSPS) is 14.0. The molecule has 0 amide bonds. The van der Waals surface area contributed by atoms with Crippen LogP contribution in [-0.2, 0) is 0 Å². The first-order valence-electron chi connectivity index (χ1n) is 4.57. The van der Waals surface area contributed by atoms with Crippen LogP contribution in [0.25, 0.3) is 0 Å². The van der Waals surface area contributed by atoms with E-state index in [1.54, 1.807) is 18.2 Å². The number of hydrogen-bond acceptors (Lipinski definition) is 1. The third-order valence-corrected chi connectivity index (χ3v) is 2.69. The molecule has 1 rings (SSSR count). The first-order chi connectivity index (χ1) is 7.15. The van der Waals surface area contributed by atoms with E-state index in [1.807, 2.05) is 6.92 Å². The Morgan fingerprint density at radius 1 is 1.53 bits per heavy atom. The van der Waals surface area contributed by atoms with E-state index in [0.29, 0.717) is 17.1 Å². The Morgan fingerprint density at radius 3 is 2.80 bits per heavy atom. The molecule has 0 saturated heterocycles. The van der Waals surface area contributed by atoms with Crippen molar-refractivity contribution in [1.29, 1.82) is 0 Å². The van der Waals surface area contributed by atoms with E-state index in [4.69, 9.17) is 23.2 Å². The van der Waals surface area contributed by atoms with Crippen molar-refractivity contribution >= 4 is 23.2 Å². The molecular formula is C11H12Cl2FN. The quantitative estimate of drug-likeness (QED) is 0.854. The average Bonchev–Trinajstić information content (AvgIpc) is 2.26. The average molecular weight is 248 g/mol. The molecule has 0 aliphatic carbocycles. The second-order valence-electron chi connectivity index (χ2n) is 3.18. The van der Waals surface area contributed by atoms with E-state index >= 15 is 0 Å². The van der Waals surface area contributed by atoms with Gasteiger partial charge in [-0.15, -0.1) is 0 Å². The second kappa shape index (κ2) is 6.11. The van der Waals surface area contributed by atoms with Crippen molar-refractivity contribution in [2.24, 2.45) is 0 Å². The van der Waals surface area contributed by atoms with Gasteiger partial charge in [0.05, 0.1) is 0 Å². The highest BCUT2D eigenvalue weighted by Gasteiger charge is 2.09. The van der Waals surface area contributed by atoms with Gasteiger partial charge in [-0.05, 0) is 13.0 Å². The van der Waals surface area contributed by atoms with Crippen LogP contribution in [0.5, 0.6) is 0 Å². The van der Waals surface area contributed by atoms with Gasteiger partial charge in [-0.25, -0.2) is 4.39 Å². The molecule has 1 atom stereocenters. The fraction of sp³-hybridized carbons (Fsp3) is 0.273. The van der Waals surface area contributed by atoms with Gasteiger partial charge in [0.25, 0.3) is 0 Å². The molecule has 0 aliphatic rings. The Morgan fingerprint density at radius 2 is 2.20 bits per heavy atom. The summed E-state index contributed by atoms with van der Waals surface area (Å²) in [5.41, 5.74) is 1.92. The van der Waals surface area contributed by atoms with Crippen LogP contribution in [0.1, 0.15) is 18.5 Å². The molecule has 1 nitrogen and oxygen atoms in total. The zero-order chi connectivity index (χ0) is 11.3. The maximum absolute atomic E-state index is 13.3. The predicted molar refractivity (Wildman–Crippen MR) is 62.6 cm³/mol. The van der Waals surface area contributed by atoms with E-state index in [9.17, 15) is 4.39 Å². The molecule has 0 unspecified atom stereocenters. The van der Waals surface area contributed by atoms with Gasteiger partial charge in [-0.2, -0.15) is 0 Å². The highest BCUT2D eigenvalue weighted by atomic mass is 35.5. The fourth-order valence-electron chi connectivity index (χ4n) is 1.23. The van der Waals surface area contributed by atoms with Crippen LogP contribution in [0, 0.1) is 5.82 Å². The summed E-state index contributed by atoms with van der Waals surface area (Å²) in [7, 11) is 0. The van der Waals surface area contributed by atoms with Crippen molar-refractivity contribution in [3.05, 3.63) is 46.2 Å². The Balaban J connectivity index is 2.61. The van der Waals surface area contributed by atoms with E-state index in [1.165, 1.54) is 11.6 Å². The van der Waals surface area contributed by atoms with Crippen LogP contribution in [0.2, 0.25) is 0 Å². The zero-order valence-corrected chi connectivity index (χ0v) is 9.82. The first-order valence-corrected chi connectivity index (χ1v) is 5.39. The molecule has 0 heterocycles. The molecule has 0 spiro atoms. The zero-order valence-electron chi connectivity index (χ0n) is 8.31. The summed E-state index contributed by atoms with van der Waals surface area (Å²) >= 11 is 11.1. The summed E-state index contributed by atoms with van der Waals surface area (Å²) in [6.07, 6.45) is 0. The van der Waals surface area contributed by atoms with Crippen LogP contribution in [0.3, 0.4) is 0 Å². The van der Waals surface area contributed by atoms with Gasteiger partial charge < -0.3 is 5.32 Å². The topological polar surface area (TPSA) is 12.0 Å². The minimum atomic E-state index is -0.219. The van der Waals surface area contributed by atoms with Crippen molar-refractivity contribution in [3.63, 3.8) is 0 Å². The van der Waals surface area contributed by atoms with Crippen LogP contribution < -0.4 is 5.32 Å². The van der Waals surface area contributed by atoms with Crippen molar-refractivity contribution in [2.75, 3.05) is 6.54 Å². The molecule has 0 radical (unpaired) electrons. The molecule has 0 bridgehead atoms. The summed E-state index contributed by atoms with van der Waals surface area (Å²) in [6.45, 7) is 2.30. The lowest BCUT2D eigenvalue weighted by molar-refractivity contribution is 0.548. The molecule has 1 aromatic carbocycles. The summed E-state index contributed by atoms with van der Waals surface area (Å²) in [4.78, 5) is 0. The SMILES string of the molecule is C[C@@H](NC/C(Cl)=C/Cl)c1ccccc1F. The lowest BCUT2D eigenvalue weighted by atomic mass is 10.1. The van der Waals surface area contributed by atoms with E-state index in [2.05, 4.69) is 5.32 Å². The molecule has 1 N–H and O–H groups in total. The minimum absolute atomic E-state index is 0.100. The molecule has 0 aromatic heterocycles. The van der Waals surface area contributed by atoms with Crippen LogP contribution in [0.4, 0.5) is 4.39 Å². The molecular weight excluding hydrogens is 236 g/mol. The lowest BCUT2D eigenvalue weighted by Gasteiger charge is -2.14. The van der Waals surface area contributed by atoms with Gasteiger partial charge in [0.1, 0.15) is 5.82 Å². The fourth-order valence-corrected chi connectivity index (χ4v) is 1.38. The van der Waals surface area contributed by atoms with Crippen LogP contribution in [0.15, 0.2) is 34.8 Å². The van der Waals surface area contributed by atoms with Gasteiger partial charge in [0.15, 0.2) is 0 Å². The third kappa shape index (κ3) is 3.82. The summed E-state index contributed by atoms with van der Waals surface area (Å²) in [6, 6.07) is 6.54. The van der Waals surface area contributed by atoms with E-state index in [-0.39, 0.29) is 11.9 Å². The Bertz CT molecular complexity index is 352. The summed E-state index contributed by atoms with van der Waals surface area (Å²) < 4.78 is 13.3. The van der Waals surface area contributed by atoms with Crippen molar-refractivity contribution < 1.29 is 4.39 Å². The maximum Gasteiger partial charge on any atom is 0.127 e. The molecule has 0 aliphatic heterocycles. The number of nitrogens with one attached hydrogen (secondary N) is 1.